The number of amidine groups is 1. The van der Waals surface area contributed by atoms with Gasteiger partial charge in [-0.2, -0.15) is 0 Å². The maximum Gasteiger partial charge on any atom is 0.145 e. The number of aromatic nitrogens is 2. The Hall–Kier alpha value is -3.35. The van der Waals surface area contributed by atoms with Crippen molar-refractivity contribution in [3.8, 4) is 5.75 Å². The molecule has 1 aliphatic heterocycles. The van der Waals surface area contributed by atoms with Crippen LogP contribution in [0.1, 0.15) is 5.82 Å². The second-order valence-electron chi connectivity index (χ2n) is 5.68. The summed E-state index contributed by atoms with van der Waals surface area (Å²) in [6.07, 6.45) is 0. The monoisotopic (exact) mass is 338 g/mol. The lowest BCUT2D eigenvalue weighted by molar-refractivity contribution is 0.406. The van der Waals surface area contributed by atoms with Crippen LogP contribution in [0.5, 0.6) is 5.75 Å². The number of nitrogens with zero attached hydrogens (tertiary/aromatic N) is 2. The van der Waals surface area contributed by atoms with E-state index in [0.717, 1.165) is 0 Å². The average Bonchev–Trinajstić information content (AvgIpc) is 3.14. The molecule has 3 N–H and O–H groups in total. The molecule has 7 heteroatoms. The molecule has 0 bridgehead atoms. The number of rotatable bonds is 3. The fourth-order valence-electron chi connectivity index (χ4n) is 2.99. The molecule has 2 aromatic carbocycles. The van der Waals surface area contributed by atoms with Crippen LogP contribution in [-0.4, -0.2) is 34.6 Å². The summed E-state index contributed by atoms with van der Waals surface area (Å²) in [5.74, 6) is 0.684. The summed E-state index contributed by atoms with van der Waals surface area (Å²) in [6, 6.07) is 11.5. The number of ether oxygens (including phenoxy) is 1. The number of H-pyrrole nitrogens is 1. The highest BCUT2D eigenvalue weighted by Crippen LogP contribution is 2.35. The first-order valence-corrected chi connectivity index (χ1v) is 7.65. The van der Waals surface area contributed by atoms with Crippen LogP contribution < -0.4 is 9.64 Å². The number of para-hydroxylation sites is 2. The Kier molecular flexibility index (Phi) is 3.42. The highest BCUT2D eigenvalue weighted by molar-refractivity contribution is 6.30. The molecule has 0 spiro atoms. The lowest BCUT2D eigenvalue weighted by atomic mass is 10.2. The Morgan fingerprint density at radius 2 is 2.08 bits per heavy atom. The van der Waals surface area contributed by atoms with Crippen LogP contribution in [0.15, 0.2) is 48.2 Å². The molecule has 0 aliphatic carbocycles. The highest BCUT2D eigenvalue weighted by Gasteiger charge is 2.32. The molecule has 25 heavy (non-hydrogen) atoms. The number of anilines is 1. The van der Waals surface area contributed by atoms with Crippen molar-refractivity contribution >= 4 is 28.1 Å². The number of methoxy groups -OCH3 is 1. The van der Waals surface area contributed by atoms with Crippen LogP contribution in [0.25, 0.3) is 16.6 Å². The predicted molar refractivity (Wildman–Crippen MR) is 93.7 cm³/mol. The van der Waals surface area contributed by atoms with Gasteiger partial charge < -0.3 is 19.7 Å². The molecule has 0 fully saturated rings. The number of hydrogen-bond acceptors (Lipinski definition) is 4. The molecule has 0 atom stereocenters. The molecular formula is C18H15FN4O2. The van der Waals surface area contributed by atoms with Crippen LogP contribution in [-0.2, 0) is 0 Å². The van der Waals surface area contributed by atoms with Crippen LogP contribution in [0, 0.1) is 11.2 Å². The zero-order valence-corrected chi connectivity index (χ0v) is 13.4. The average molecular weight is 338 g/mol. The first kappa shape index (κ1) is 15.2. The van der Waals surface area contributed by atoms with Crippen molar-refractivity contribution in [2.24, 2.45) is 0 Å². The number of benzene rings is 2. The van der Waals surface area contributed by atoms with Crippen molar-refractivity contribution in [3.05, 3.63) is 59.9 Å². The largest absolute Gasteiger partial charge is 0.509 e. The SMILES string of the molecule is COc1ccccc1N1CC(O)=C(c2nc3ccc(F)cc3[nH]2)C1=N. The minimum Gasteiger partial charge on any atom is -0.509 e. The summed E-state index contributed by atoms with van der Waals surface area (Å²) in [5, 5.41) is 18.9. The summed E-state index contributed by atoms with van der Waals surface area (Å²) >= 11 is 0. The Labute approximate surface area is 142 Å². The normalized spacial score (nSPS) is 14.6. The molecular weight excluding hydrogens is 323 g/mol. The van der Waals surface area contributed by atoms with E-state index in [4.69, 9.17) is 10.1 Å². The molecule has 0 saturated heterocycles. The lowest BCUT2D eigenvalue weighted by Crippen LogP contribution is -2.26. The van der Waals surface area contributed by atoms with Crippen molar-refractivity contribution in [3.63, 3.8) is 0 Å². The van der Waals surface area contributed by atoms with E-state index in [1.807, 2.05) is 18.2 Å². The van der Waals surface area contributed by atoms with Crippen molar-refractivity contribution in [2.45, 2.75) is 0 Å². The summed E-state index contributed by atoms with van der Waals surface area (Å²) < 4.78 is 18.7. The second kappa shape index (κ2) is 5.62. The smallest absolute Gasteiger partial charge is 0.145 e. The summed E-state index contributed by atoms with van der Waals surface area (Å²) in [4.78, 5) is 8.98. The number of aliphatic hydroxyl groups is 1. The second-order valence-corrected chi connectivity index (χ2v) is 5.68. The van der Waals surface area contributed by atoms with E-state index >= 15 is 0 Å². The number of aliphatic hydroxyl groups excluding tert-OH is 1. The fraction of sp³-hybridized carbons (Fsp3) is 0.111. The third kappa shape index (κ3) is 2.40. The van der Waals surface area contributed by atoms with Gasteiger partial charge in [-0.3, -0.25) is 5.41 Å². The molecule has 126 valence electrons. The van der Waals surface area contributed by atoms with Gasteiger partial charge in [-0.1, -0.05) is 12.1 Å². The highest BCUT2D eigenvalue weighted by atomic mass is 19.1. The number of nitrogens with one attached hydrogen (secondary N) is 2. The Balaban J connectivity index is 1.75. The van der Waals surface area contributed by atoms with Gasteiger partial charge in [0.1, 0.15) is 29.0 Å². The molecule has 0 saturated carbocycles. The zero-order valence-electron chi connectivity index (χ0n) is 13.4. The van der Waals surface area contributed by atoms with Crippen molar-refractivity contribution in [1.29, 1.82) is 5.41 Å². The van der Waals surface area contributed by atoms with Gasteiger partial charge in [0.05, 0.1) is 35.9 Å². The third-order valence-corrected chi connectivity index (χ3v) is 4.16. The molecule has 3 aromatic rings. The van der Waals surface area contributed by atoms with Crippen molar-refractivity contribution in [1.82, 2.24) is 9.97 Å². The van der Waals surface area contributed by atoms with Crippen LogP contribution in [0.2, 0.25) is 0 Å². The summed E-state index contributed by atoms with van der Waals surface area (Å²) in [5.41, 5.74) is 2.06. The number of imidazole rings is 1. The minimum atomic E-state index is -0.377. The number of halogens is 1. The van der Waals surface area contributed by atoms with E-state index in [9.17, 15) is 9.50 Å². The van der Waals surface area contributed by atoms with E-state index < -0.39 is 0 Å². The van der Waals surface area contributed by atoms with E-state index in [1.54, 1.807) is 24.1 Å². The summed E-state index contributed by atoms with van der Waals surface area (Å²) in [6.45, 7) is 0.139. The molecule has 1 aliphatic rings. The quantitative estimate of drug-likeness (QED) is 0.682. The first-order valence-electron chi connectivity index (χ1n) is 7.65. The molecule has 0 radical (unpaired) electrons. The van der Waals surface area contributed by atoms with Crippen molar-refractivity contribution < 1.29 is 14.2 Å². The van der Waals surface area contributed by atoms with Crippen LogP contribution >= 0.6 is 0 Å². The topological polar surface area (TPSA) is 85.2 Å². The molecule has 0 amide bonds. The van der Waals surface area contributed by atoms with Gasteiger partial charge in [0.25, 0.3) is 0 Å². The predicted octanol–water partition coefficient (Wildman–Crippen LogP) is 3.48. The molecule has 2 heterocycles. The minimum absolute atomic E-state index is 0.0236. The van der Waals surface area contributed by atoms with E-state index in [2.05, 4.69) is 9.97 Å². The molecule has 4 rings (SSSR count). The third-order valence-electron chi connectivity index (χ3n) is 4.16. The number of aromatic amines is 1. The first-order chi connectivity index (χ1) is 12.1. The number of fused-ring (bicyclic) bond motifs is 1. The number of hydrogen-bond donors (Lipinski definition) is 3. The van der Waals surface area contributed by atoms with E-state index in [0.29, 0.717) is 33.9 Å². The fourth-order valence-corrected chi connectivity index (χ4v) is 2.99. The van der Waals surface area contributed by atoms with Gasteiger partial charge in [-0.15, -0.1) is 0 Å². The van der Waals surface area contributed by atoms with Gasteiger partial charge in [0, 0.05) is 0 Å². The standard InChI is InChI=1S/C18H15FN4O2/c1-25-15-5-3-2-4-13(15)23-9-14(24)16(17(23)20)18-21-11-7-6-10(19)8-12(11)22-18/h2-8,20,24H,9H2,1H3,(H,21,22). The maximum absolute atomic E-state index is 13.4. The molecule has 6 nitrogen and oxygen atoms in total. The Bertz CT molecular complexity index is 1020. The summed E-state index contributed by atoms with van der Waals surface area (Å²) in [7, 11) is 1.56. The van der Waals surface area contributed by atoms with E-state index in [1.165, 1.54) is 12.1 Å². The molecule has 0 unspecified atom stereocenters. The van der Waals surface area contributed by atoms with Gasteiger partial charge in [-0.25, -0.2) is 9.37 Å². The van der Waals surface area contributed by atoms with Crippen molar-refractivity contribution in [2.75, 3.05) is 18.6 Å². The van der Waals surface area contributed by atoms with Gasteiger partial charge >= 0.3 is 0 Å². The van der Waals surface area contributed by atoms with Gasteiger partial charge in [0.2, 0.25) is 0 Å². The van der Waals surface area contributed by atoms with Crippen LogP contribution in [0.4, 0.5) is 10.1 Å². The Morgan fingerprint density at radius 1 is 1.28 bits per heavy atom. The van der Waals surface area contributed by atoms with Crippen LogP contribution in [0.3, 0.4) is 0 Å². The van der Waals surface area contributed by atoms with E-state index in [-0.39, 0.29) is 24.0 Å². The lowest BCUT2D eigenvalue weighted by Gasteiger charge is -2.20. The van der Waals surface area contributed by atoms with Gasteiger partial charge in [0.15, 0.2) is 0 Å². The molecule has 1 aromatic heterocycles. The Morgan fingerprint density at radius 3 is 2.88 bits per heavy atom. The maximum atomic E-state index is 13.4. The van der Waals surface area contributed by atoms with Gasteiger partial charge in [-0.05, 0) is 30.3 Å². The zero-order chi connectivity index (χ0) is 17.6.